The van der Waals surface area contributed by atoms with Gasteiger partial charge in [-0.1, -0.05) is 25.0 Å². The second-order valence-electron chi connectivity index (χ2n) is 5.89. The number of aryl methyl sites for hydroxylation is 1. The van der Waals surface area contributed by atoms with Crippen LogP contribution in [0.1, 0.15) is 52.2 Å². The number of benzene rings is 1. The zero-order valence-electron chi connectivity index (χ0n) is 13.1. The van der Waals surface area contributed by atoms with Crippen LogP contribution in [-0.4, -0.2) is 17.9 Å². The molecule has 1 aliphatic carbocycles. The summed E-state index contributed by atoms with van der Waals surface area (Å²) in [5.41, 5.74) is 1.72. The second-order valence-corrected chi connectivity index (χ2v) is 5.89. The summed E-state index contributed by atoms with van der Waals surface area (Å²) in [6, 6.07) is 8.98. The van der Waals surface area contributed by atoms with E-state index in [2.05, 4.69) is 10.6 Å². The van der Waals surface area contributed by atoms with Crippen LogP contribution in [0.25, 0.3) is 0 Å². The Balaban J connectivity index is 1.76. The van der Waals surface area contributed by atoms with Crippen molar-refractivity contribution in [2.75, 3.05) is 5.32 Å². The van der Waals surface area contributed by atoms with E-state index in [1.54, 1.807) is 37.3 Å². The van der Waals surface area contributed by atoms with Gasteiger partial charge in [0.25, 0.3) is 11.8 Å². The number of nitrogens with one attached hydrogen (secondary N) is 2. The fraction of sp³-hybridized carbons (Fsp3) is 0.333. The van der Waals surface area contributed by atoms with E-state index in [1.807, 2.05) is 0 Å². The highest BCUT2D eigenvalue weighted by Gasteiger charge is 2.21. The maximum absolute atomic E-state index is 12.5. The number of hydrogen-bond acceptors (Lipinski definition) is 3. The summed E-state index contributed by atoms with van der Waals surface area (Å²) in [4.78, 5) is 24.7. The maximum Gasteiger partial charge on any atom is 0.291 e. The summed E-state index contributed by atoms with van der Waals surface area (Å²) in [7, 11) is 0. The molecule has 1 aromatic carbocycles. The van der Waals surface area contributed by atoms with Gasteiger partial charge >= 0.3 is 0 Å². The Kier molecular flexibility index (Phi) is 4.46. The van der Waals surface area contributed by atoms with Gasteiger partial charge < -0.3 is 15.1 Å². The molecule has 2 amide bonds. The third-order valence-corrected chi connectivity index (χ3v) is 4.18. The Morgan fingerprint density at radius 3 is 2.52 bits per heavy atom. The molecule has 23 heavy (non-hydrogen) atoms. The Morgan fingerprint density at radius 2 is 1.83 bits per heavy atom. The van der Waals surface area contributed by atoms with Crippen LogP contribution in [0.3, 0.4) is 0 Å². The zero-order valence-corrected chi connectivity index (χ0v) is 13.1. The van der Waals surface area contributed by atoms with Crippen LogP contribution in [0, 0.1) is 6.92 Å². The van der Waals surface area contributed by atoms with Gasteiger partial charge in [-0.2, -0.15) is 0 Å². The highest BCUT2D eigenvalue weighted by molar-refractivity contribution is 6.08. The molecule has 2 aromatic rings. The number of carbonyl (C=O) groups excluding carboxylic acids is 2. The van der Waals surface area contributed by atoms with Crippen molar-refractivity contribution in [3.63, 3.8) is 0 Å². The third kappa shape index (κ3) is 3.44. The number of hydrogen-bond donors (Lipinski definition) is 2. The number of carbonyl (C=O) groups is 2. The normalized spacial score (nSPS) is 14.7. The van der Waals surface area contributed by atoms with Crippen molar-refractivity contribution in [2.24, 2.45) is 0 Å². The smallest absolute Gasteiger partial charge is 0.291 e. The molecule has 0 unspecified atom stereocenters. The SMILES string of the molecule is Cc1ccoc1C(=O)Nc1ccccc1C(=O)NC1CCCC1. The van der Waals surface area contributed by atoms with Crippen molar-refractivity contribution >= 4 is 17.5 Å². The van der Waals surface area contributed by atoms with Crippen LogP contribution in [0.2, 0.25) is 0 Å². The molecule has 0 aliphatic heterocycles. The molecule has 120 valence electrons. The van der Waals surface area contributed by atoms with E-state index >= 15 is 0 Å². The second kappa shape index (κ2) is 6.69. The number of furan rings is 1. The topological polar surface area (TPSA) is 71.3 Å². The monoisotopic (exact) mass is 312 g/mol. The Morgan fingerprint density at radius 1 is 1.09 bits per heavy atom. The fourth-order valence-corrected chi connectivity index (χ4v) is 2.91. The number of para-hydroxylation sites is 1. The lowest BCUT2D eigenvalue weighted by Crippen LogP contribution is -2.33. The van der Waals surface area contributed by atoms with Crippen LogP contribution in [0.4, 0.5) is 5.69 Å². The summed E-state index contributed by atoms with van der Waals surface area (Å²) in [5.74, 6) is -0.242. The van der Waals surface area contributed by atoms with Gasteiger partial charge in [-0.05, 0) is 38.0 Å². The lowest BCUT2D eigenvalue weighted by Gasteiger charge is -2.14. The quantitative estimate of drug-likeness (QED) is 0.907. The molecule has 0 spiro atoms. The van der Waals surface area contributed by atoms with Crippen LogP contribution >= 0.6 is 0 Å². The van der Waals surface area contributed by atoms with E-state index in [-0.39, 0.29) is 23.6 Å². The van der Waals surface area contributed by atoms with Crippen LogP contribution in [-0.2, 0) is 0 Å². The van der Waals surface area contributed by atoms with Crippen molar-refractivity contribution in [1.82, 2.24) is 5.32 Å². The lowest BCUT2D eigenvalue weighted by molar-refractivity contribution is 0.0939. The van der Waals surface area contributed by atoms with E-state index in [4.69, 9.17) is 4.42 Å². The average molecular weight is 312 g/mol. The molecule has 1 heterocycles. The van der Waals surface area contributed by atoms with Crippen molar-refractivity contribution in [3.05, 3.63) is 53.5 Å². The van der Waals surface area contributed by atoms with E-state index in [0.29, 0.717) is 11.3 Å². The first-order chi connectivity index (χ1) is 11.1. The molecular formula is C18H20N2O3. The Bertz CT molecular complexity index is 715. The minimum Gasteiger partial charge on any atom is -0.459 e. The third-order valence-electron chi connectivity index (χ3n) is 4.18. The van der Waals surface area contributed by atoms with Gasteiger partial charge in [0.05, 0.1) is 17.5 Å². The molecule has 1 fully saturated rings. The highest BCUT2D eigenvalue weighted by Crippen LogP contribution is 2.21. The average Bonchev–Trinajstić information content (AvgIpc) is 3.19. The van der Waals surface area contributed by atoms with E-state index in [1.165, 1.54) is 6.26 Å². The van der Waals surface area contributed by atoms with E-state index in [9.17, 15) is 9.59 Å². The summed E-state index contributed by atoms with van der Waals surface area (Å²) < 4.78 is 5.19. The molecule has 1 saturated carbocycles. The van der Waals surface area contributed by atoms with Crippen LogP contribution in [0.5, 0.6) is 0 Å². The van der Waals surface area contributed by atoms with Crippen molar-refractivity contribution in [1.29, 1.82) is 0 Å². The predicted molar refractivity (Wildman–Crippen MR) is 87.6 cm³/mol. The number of rotatable bonds is 4. The molecule has 5 nitrogen and oxygen atoms in total. The fourth-order valence-electron chi connectivity index (χ4n) is 2.91. The molecule has 0 atom stereocenters. The molecule has 1 aromatic heterocycles. The van der Waals surface area contributed by atoms with Gasteiger partial charge in [-0.3, -0.25) is 9.59 Å². The first-order valence-corrected chi connectivity index (χ1v) is 7.90. The summed E-state index contributed by atoms with van der Waals surface area (Å²) >= 11 is 0. The first kappa shape index (κ1) is 15.3. The predicted octanol–water partition coefficient (Wildman–Crippen LogP) is 3.51. The molecular weight excluding hydrogens is 292 g/mol. The molecule has 0 radical (unpaired) electrons. The summed E-state index contributed by atoms with van der Waals surface area (Å²) in [5, 5.41) is 5.81. The largest absolute Gasteiger partial charge is 0.459 e. The van der Waals surface area contributed by atoms with Gasteiger partial charge in [0.15, 0.2) is 5.76 Å². The molecule has 5 heteroatoms. The van der Waals surface area contributed by atoms with Crippen LogP contribution in [0.15, 0.2) is 41.0 Å². The van der Waals surface area contributed by atoms with Crippen molar-refractivity contribution in [3.8, 4) is 0 Å². The van der Waals surface area contributed by atoms with Crippen molar-refractivity contribution in [2.45, 2.75) is 38.6 Å². The van der Waals surface area contributed by atoms with Gasteiger partial charge in [0, 0.05) is 11.6 Å². The van der Waals surface area contributed by atoms with E-state index < -0.39 is 0 Å². The van der Waals surface area contributed by atoms with Gasteiger partial charge in [-0.15, -0.1) is 0 Å². The van der Waals surface area contributed by atoms with Gasteiger partial charge in [0.2, 0.25) is 0 Å². The lowest BCUT2D eigenvalue weighted by atomic mass is 10.1. The zero-order chi connectivity index (χ0) is 16.2. The molecule has 2 N–H and O–H groups in total. The van der Waals surface area contributed by atoms with Gasteiger partial charge in [-0.25, -0.2) is 0 Å². The molecule has 3 rings (SSSR count). The first-order valence-electron chi connectivity index (χ1n) is 7.90. The van der Waals surface area contributed by atoms with Crippen molar-refractivity contribution < 1.29 is 14.0 Å². The van der Waals surface area contributed by atoms with Gasteiger partial charge in [0.1, 0.15) is 0 Å². The minimum absolute atomic E-state index is 0.149. The number of anilines is 1. The summed E-state index contributed by atoms with van der Waals surface area (Å²) in [6.07, 6.45) is 5.82. The number of amides is 2. The van der Waals surface area contributed by atoms with E-state index in [0.717, 1.165) is 31.2 Å². The van der Waals surface area contributed by atoms with Crippen LogP contribution < -0.4 is 10.6 Å². The molecule has 0 saturated heterocycles. The maximum atomic E-state index is 12.5. The summed E-state index contributed by atoms with van der Waals surface area (Å²) in [6.45, 7) is 1.80. The highest BCUT2D eigenvalue weighted by atomic mass is 16.3. The Hall–Kier alpha value is -2.56. The standard InChI is InChI=1S/C18H20N2O3/c1-12-10-11-23-16(12)18(22)20-15-9-5-4-8-14(15)17(21)19-13-6-2-3-7-13/h4-5,8-11,13H,2-3,6-7H2,1H3,(H,19,21)(H,20,22). The molecule has 0 bridgehead atoms. The minimum atomic E-state index is -0.353. The Labute approximate surface area is 135 Å². The molecule has 1 aliphatic rings.